The molecule has 10 aromatic carbocycles. The second-order valence-electron chi connectivity index (χ2n) is 17.1. The summed E-state index contributed by atoms with van der Waals surface area (Å²) in [4.78, 5) is 16.0. The molecular formula is C61H37N5O. The third-order valence-electron chi connectivity index (χ3n) is 13.4. The molecule has 14 rings (SSSR count). The van der Waals surface area contributed by atoms with Gasteiger partial charge < -0.3 is 13.6 Å². The molecular weight excluding hydrogens is 819 g/mol. The summed E-state index contributed by atoms with van der Waals surface area (Å²) in [7, 11) is 0. The van der Waals surface area contributed by atoms with E-state index in [1.165, 1.54) is 27.1 Å². The fourth-order valence-corrected chi connectivity index (χ4v) is 10.4. The Balaban J connectivity index is 1.01. The van der Waals surface area contributed by atoms with Crippen molar-refractivity contribution in [3.8, 4) is 56.7 Å². The highest BCUT2D eigenvalue weighted by molar-refractivity contribution is 6.18. The maximum Gasteiger partial charge on any atom is 0.164 e. The first-order chi connectivity index (χ1) is 33.2. The van der Waals surface area contributed by atoms with Crippen molar-refractivity contribution in [2.45, 2.75) is 0 Å². The van der Waals surface area contributed by atoms with Gasteiger partial charge in [0.15, 0.2) is 17.5 Å². The minimum absolute atomic E-state index is 0.586. The van der Waals surface area contributed by atoms with Crippen molar-refractivity contribution in [3.05, 3.63) is 224 Å². The minimum atomic E-state index is 0.586. The third kappa shape index (κ3) is 5.80. The van der Waals surface area contributed by atoms with Gasteiger partial charge in [-0.05, 0) is 82.6 Å². The van der Waals surface area contributed by atoms with E-state index in [1.807, 2.05) is 24.3 Å². The molecule has 0 aliphatic heterocycles. The van der Waals surface area contributed by atoms with Crippen molar-refractivity contribution in [2.75, 3.05) is 0 Å². The zero-order valence-electron chi connectivity index (χ0n) is 36.0. The van der Waals surface area contributed by atoms with Crippen LogP contribution in [-0.4, -0.2) is 24.1 Å². The Labute approximate surface area is 384 Å². The van der Waals surface area contributed by atoms with Gasteiger partial charge in [-0.1, -0.05) is 164 Å². The number of hydrogen-bond acceptors (Lipinski definition) is 4. The zero-order chi connectivity index (χ0) is 44.0. The number of hydrogen-bond donors (Lipinski definition) is 0. The number of aromatic nitrogens is 5. The number of fused-ring (bicyclic) bond motifs is 10. The first-order valence-electron chi connectivity index (χ1n) is 22.6. The van der Waals surface area contributed by atoms with Gasteiger partial charge in [-0.3, -0.25) is 0 Å². The van der Waals surface area contributed by atoms with Crippen LogP contribution in [0.25, 0.3) is 133 Å². The Hall–Kier alpha value is -9.13. The van der Waals surface area contributed by atoms with E-state index in [0.29, 0.717) is 17.5 Å². The number of benzene rings is 10. The Morgan fingerprint density at radius 3 is 1.75 bits per heavy atom. The lowest BCUT2D eigenvalue weighted by atomic mass is 9.97. The molecule has 0 bridgehead atoms. The molecule has 6 nitrogen and oxygen atoms in total. The van der Waals surface area contributed by atoms with E-state index in [9.17, 15) is 0 Å². The second-order valence-corrected chi connectivity index (χ2v) is 17.1. The first-order valence-corrected chi connectivity index (χ1v) is 22.6. The van der Waals surface area contributed by atoms with E-state index in [0.717, 1.165) is 88.4 Å². The molecule has 0 aliphatic rings. The van der Waals surface area contributed by atoms with Gasteiger partial charge in [0.1, 0.15) is 11.2 Å². The van der Waals surface area contributed by atoms with Gasteiger partial charge in [0.05, 0.1) is 27.8 Å². The van der Waals surface area contributed by atoms with Gasteiger partial charge in [-0.15, -0.1) is 0 Å². The number of rotatable bonds is 6. The average Bonchev–Trinajstić information content (AvgIpc) is 4.06. The zero-order valence-corrected chi connectivity index (χ0v) is 36.0. The van der Waals surface area contributed by atoms with E-state index < -0.39 is 0 Å². The predicted octanol–water partition coefficient (Wildman–Crippen LogP) is 15.8. The Morgan fingerprint density at radius 2 is 0.896 bits per heavy atom. The van der Waals surface area contributed by atoms with E-state index in [1.54, 1.807) is 0 Å². The fourth-order valence-electron chi connectivity index (χ4n) is 10.4. The molecule has 312 valence electrons. The summed E-state index contributed by atoms with van der Waals surface area (Å²) >= 11 is 0. The summed E-state index contributed by atoms with van der Waals surface area (Å²) in [5.41, 5.74) is 13.4. The summed E-state index contributed by atoms with van der Waals surface area (Å²) < 4.78 is 11.1. The highest BCUT2D eigenvalue weighted by Gasteiger charge is 2.23. The molecule has 0 N–H and O–H groups in total. The van der Waals surface area contributed by atoms with Gasteiger partial charge in [0, 0.05) is 54.7 Å². The van der Waals surface area contributed by atoms with Crippen LogP contribution in [-0.2, 0) is 0 Å². The molecule has 0 saturated heterocycles. The molecule has 4 aromatic heterocycles. The molecule has 67 heavy (non-hydrogen) atoms. The van der Waals surface area contributed by atoms with Crippen LogP contribution in [0.1, 0.15) is 0 Å². The molecule has 0 unspecified atom stereocenters. The number of nitrogens with zero attached hydrogens (tertiary/aromatic N) is 5. The van der Waals surface area contributed by atoms with Crippen LogP contribution in [0.2, 0.25) is 0 Å². The average molecular weight is 856 g/mol. The van der Waals surface area contributed by atoms with Crippen molar-refractivity contribution < 1.29 is 4.42 Å². The van der Waals surface area contributed by atoms with Gasteiger partial charge in [-0.2, -0.15) is 0 Å². The van der Waals surface area contributed by atoms with Gasteiger partial charge in [0.2, 0.25) is 0 Å². The van der Waals surface area contributed by atoms with Crippen LogP contribution in [0.15, 0.2) is 229 Å². The van der Waals surface area contributed by atoms with Crippen LogP contribution in [0.4, 0.5) is 0 Å². The summed E-state index contributed by atoms with van der Waals surface area (Å²) in [6, 6.07) is 79.2. The fraction of sp³-hybridized carbons (Fsp3) is 0. The van der Waals surface area contributed by atoms with E-state index >= 15 is 0 Å². The third-order valence-corrected chi connectivity index (χ3v) is 13.4. The smallest absolute Gasteiger partial charge is 0.164 e. The quantitative estimate of drug-likeness (QED) is 0.167. The van der Waals surface area contributed by atoms with Crippen LogP contribution in [0, 0.1) is 0 Å². The maximum absolute atomic E-state index is 6.25. The summed E-state index contributed by atoms with van der Waals surface area (Å²) in [6.45, 7) is 0. The van der Waals surface area contributed by atoms with E-state index in [2.05, 4.69) is 209 Å². The molecule has 0 spiro atoms. The summed E-state index contributed by atoms with van der Waals surface area (Å²) in [5.74, 6) is 1.78. The van der Waals surface area contributed by atoms with Crippen molar-refractivity contribution in [3.63, 3.8) is 0 Å². The van der Waals surface area contributed by atoms with Crippen molar-refractivity contribution in [2.24, 2.45) is 0 Å². The summed E-state index contributed by atoms with van der Waals surface area (Å²) in [5, 5.41) is 9.09. The normalized spacial score (nSPS) is 11.9. The molecule has 0 amide bonds. The molecule has 14 aromatic rings. The minimum Gasteiger partial charge on any atom is -0.456 e. The monoisotopic (exact) mass is 855 g/mol. The van der Waals surface area contributed by atoms with E-state index in [4.69, 9.17) is 19.4 Å². The SMILES string of the molecule is c1ccc(-n2c3ccccc3c3cccc(-n4c5ccccc5c5c(-c6nc(-c7ccc(-c8cccc9ccccc89)cc7)nc(-c7ccc8oc9ccccc9c8c7)n6)cccc54)c32)cc1. The lowest BCUT2D eigenvalue weighted by Gasteiger charge is -2.14. The molecule has 6 heteroatoms. The van der Waals surface area contributed by atoms with Crippen molar-refractivity contribution in [1.82, 2.24) is 24.1 Å². The lowest BCUT2D eigenvalue weighted by Crippen LogP contribution is -2.01. The van der Waals surface area contributed by atoms with Crippen molar-refractivity contribution >= 4 is 76.3 Å². The largest absolute Gasteiger partial charge is 0.456 e. The highest BCUT2D eigenvalue weighted by Crippen LogP contribution is 2.43. The number of furan rings is 1. The lowest BCUT2D eigenvalue weighted by molar-refractivity contribution is 0.669. The second kappa shape index (κ2) is 14.7. The first kappa shape index (κ1) is 37.3. The Kier molecular flexibility index (Phi) is 8.18. The van der Waals surface area contributed by atoms with Gasteiger partial charge in [-0.25, -0.2) is 15.0 Å². The number of para-hydroxylation sites is 5. The standard InChI is InChI=1S/C61H37N5O/c1-2-17-42(18-3-1)65-51-26-9-6-20-45(51)47-24-13-29-54(58(47)65)66-52-27-10-7-22-48(52)57-49(25-14-28-53(57)66)61-63-59(40-33-31-39(32-34-40)44-23-12-16-38-15-4-5-19-43(38)44)62-60(64-61)41-35-36-56-50(37-41)46-21-8-11-30-55(46)67-56/h1-37H. The van der Waals surface area contributed by atoms with Crippen LogP contribution >= 0.6 is 0 Å². The topological polar surface area (TPSA) is 61.7 Å². The molecule has 0 radical (unpaired) electrons. The molecule has 0 atom stereocenters. The Morgan fingerprint density at radius 1 is 0.328 bits per heavy atom. The van der Waals surface area contributed by atoms with Gasteiger partial charge in [0.25, 0.3) is 0 Å². The van der Waals surface area contributed by atoms with Crippen molar-refractivity contribution in [1.29, 1.82) is 0 Å². The molecule has 0 saturated carbocycles. The highest BCUT2D eigenvalue weighted by atomic mass is 16.3. The molecule has 4 heterocycles. The maximum atomic E-state index is 6.25. The molecule has 0 fully saturated rings. The van der Waals surface area contributed by atoms with Gasteiger partial charge >= 0.3 is 0 Å². The van der Waals surface area contributed by atoms with E-state index in [-0.39, 0.29) is 0 Å². The molecule has 0 aliphatic carbocycles. The Bertz CT molecular complexity index is 4270. The summed E-state index contributed by atoms with van der Waals surface area (Å²) in [6.07, 6.45) is 0. The predicted molar refractivity (Wildman–Crippen MR) is 275 cm³/mol. The van der Waals surface area contributed by atoms with Crippen LogP contribution in [0.3, 0.4) is 0 Å². The van der Waals surface area contributed by atoms with Crippen LogP contribution in [0.5, 0.6) is 0 Å². The van der Waals surface area contributed by atoms with Crippen LogP contribution < -0.4 is 0 Å².